The first kappa shape index (κ1) is 7.54. The molecule has 1 fully saturated rings. The van der Waals surface area contributed by atoms with Crippen molar-refractivity contribution in [2.45, 2.75) is 25.8 Å². The summed E-state index contributed by atoms with van der Waals surface area (Å²) in [6.07, 6.45) is 1.55. The van der Waals surface area contributed by atoms with Crippen LogP contribution in [0.2, 0.25) is 0 Å². The van der Waals surface area contributed by atoms with Crippen molar-refractivity contribution in [1.82, 2.24) is 5.32 Å². The maximum atomic E-state index is 10.5. The summed E-state index contributed by atoms with van der Waals surface area (Å²) in [7, 11) is 0. The van der Waals surface area contributed by atoms with Crippen LogP contribution in [0.4, 0.5) is 0 Å². The molecule has 0 bridgehead atoms. The predicted molar refractivity (Wildman–Crippen MR) is 37.8 cm³/mol. The van der Waals surface area contributed by atoms with Gasteiger partial charge in [0.15, 0.2) is 0 Å². The topological polar surface area (TPSA) is 49.3 Å². The first-order valence-electron chi connectivity index (χ1n) is 3.66. The molecule has 10 heavy (non-hydrogen) atoms. The fourth-order valence-electron chi connectivity index (χ4n) is 1.36. The van der Waals surface area contributed by atoms with Crippen LogP contribution in [-0.2, 0) is 4.79 Å². The third kappa shape index (κ3) is 1.70. The maximum Gasteiger partial charge on any atom is 0.306 e. The van der Waals surface area contributed by atoms with E-state index in [0.29, 0.717) is 6.04 Å². The summed E-state index contributed by atoms with van der Waals surface area (Å²) in [4.78, 5) is 10.5. The van der Waals surface area contributed by atoms with Gasteiger partial charge in [0.05, 0.1) is 5.92 Å². The molecular weight excluding hydrogens is 130 g/mol. The minimum absolute atomic E-state index is 0.115. The van der Waals surface area contributed by atoms with Crippen LogP contribution in [0.5, 0.6) is 0 Å². The summed E-state index contributed by atoms with van der Waals surface area (Å²) >= 11 is 0. The number of carboxylic acid groups (broad SMARTS) is 1. The van der Waals surface area contributed by atoms with Gasteiger partial charge in [-0.15, -0.1) is 0 Å². The van der Waals surface area contributed by atoms with E-state index in [9.17, 15) is 4.79 Å². The van der Waals surface area contributed by atoms with Crippen LogP contribution in [0.25, 0.3) is 0 Å². The Bertz CT molecular complexity index is 136. The lowest BCUT2D eigenvalue weighted by Gasteiger charge is -2.24. The van der Waals surface area contributed by atoms with E-state index < -0.39 is 5.97 Å². The van der Waals surface area contributed by atoms with Gasteiger partial charge in [0, 0.05) is 6.04 Å². The van der Waals surface area contributed by atoms with Crippen molar-refractivity contribution in [3.05, 3.63) is 0 Å². The Morgan fingerprint density at radius 1 is 1.70 bits per heavy atom. The molecule has 0 unspecified atom stereocenters. The summed E-state index contributed by atoms with van der Waals surface area (Å²) in [5.41, 5.74) is 0. The first-order valence-corrected chi connectivity index (χ1v) is 3.66. The molecule has 1 aliphatic rings. The Morgan fingerprint density at radius 2 is 2.40 bits per heavy atom. The molecule has 0 saturated carbocycles. The molecule has 1 heterocycles. The largest absolute Gasteiger partial charge is 0.481 e. The molecule has 0 radical (unpaired) electrons. The highest BCUT2D eigenvalue weighted by Crippen LogP contribution is 2.15. The molecule has 2 N–H and O–H groups in total. The number of carboxylic acids is 1. The molecule has 3 nitrogen and oxygen atoms in total. The Labute approximate surface area is 60.4 Å². The second-order valence-corrected chi connectivity index (χ2v) is 2.91. The van der Waals surface area contributed by atoms with Crippen LogP contribution in [0.1, 0.15) is 19.8 Å². The average molecular weight is 143 g/mol. The summed E-state index contributed by atoms with van der Waals surface area (Å²) in [6.45, 7) is 2.87. The van der Waals surface area contributed by atoms with Crippen LogP contribution in [-0.4, -0.2) is 23.7 Å². The zero-order valence-electron chi connectivity index (χ0n) is 6.13. The Hall–Kier alpha value is -0.570. The Morgan fingerprint density at radius 3 is 2.80 bits per heavy atom. The summed E-state index contributed by atoms with van der Waals surface area (Å²) in [5.74, 6) is -0.760. The van der Waals surface area contributed by atoms with E-state index in [1.54, 1.807) is 0 Å². The van der Waals surface area contributed by atoms with E-state index in [4.69, 9.17) is 5.11 Å². The molecule has 1 aliphatic heterocycles. The van der Waals surface area contributed by atoms with E-state index in [-0.39, 0.29) is 5.92 Å². The monoisotopic (exact) mass is 143 g/mol. The number of nitrogens with one attached hydrogen (secondary N) is 1. The summed E-state index contributed by atoms with van der Waals surface area (Å²) in [6, 6.07) is 0.370. The lowest BCUT2D eigenvalue weighted by atomic mass is 9.94. The molecule has 0 aromatic rings. The number of hydrogen-bond donors (Lipinski definition) is 2. The number of aliphatic carboxylic acids is 1. The van der Waals surface area contributed by atoms with Crippen molar-refractivity contribution < 1.29 is 9.90 Å². The smallest absolute Gasteiger partial charge is 0.306 e. The van der Waals surface area contributed by atoms with Crippen LogP contribution < -0.4 is 5.32 Å². The fraction of sp³-hybridized carbons (Fsp3) is 0.857. The predicted octanol–water partition coefficient (Wildman–Crippen LogP) is 0.459. The molecule has 0 aliphatic carbocycles. The van der Waals surface area contributed by atoms with Gasteiger partial charge < -0.3 is 10.4 Å². The summed E-state index contributed by atoms with van der Waals surface area (Å²) < 4.78 is 0. The molecule has 0 spiro atoms. The van der Waals surface area contributed by atoms with E-state index in [2.05, 4.69) is 5.32 Å². The Kier molecular flexibility index (Phi) is 2.27. The van der Waals surface area contributed by atoms with E-state index in [1.165, 1.54) is 0 Å². The number of rotatable bonds is 1. The zero-order valence-corrected chi connectivity index (χ0v) is 6.13. The van der Waals surface area contributed by atoms with Gasteiger partial charge in [-0.1, -0.05) is 0 Å². The molecule has 0 aromatic carbocycles. The highest BCUT2D eigenvalue weighted by Gasteiger charge is 2.23. The van der Waals surface area contributed by atoms with Crippen molar-refractivity contribution in [2.75, 3.05) is 6.54 Å². The Balaban J connectivity index is 2.39. The zero-order chi connectivity index (χ0) is 7.56. The number of carbonyl (C=O) groups is 1. The van der Waals surface area contributed by atoms with Gasteiger partial charge in [0.1, 0.15) is 0 Å². The SMILES string of the molecule is C[C@@H]1C[C@@H](C(=O)O)CCN1. The molecule has 58 valence electrons. The highest BCUT2D eigenvalue weighted by atomic mass is 16.4. The van der Waals surface area contributed by atoms with Crippen molar-refractivity contribution in [3.8, 4) is 0 Å². The van der Waals surface area contributed by atoms with Crippen LogP contribution in [0, 0.1) is 5.92 Å². The van der Waals surface area contributed by atoms with E-state index >= 15 is 0 Å². The van der Waals surface area contributed by atoms with Crippen molar-refractivity contribution in [1.29, 1.82) is 0 Å². The molecule has 0 aromatic heterocycles. The van der Waals surface area contributed by atoms with Crippen molar-refractivity contribution in [3.63, 3.8) is 0 Å². The molecule has 0 amide bonds. The van der Waals surface area contributed by atoms with Gasteiger partial charge in [0.25, 0.3) is 0 Å². The normalized spacial score (nSPS) is 33.7. The molecular formula is C7H13NO2. The first-order chi connectivity index (χ1) is 4.70. The van der Waals surface area contributed by atoms with Crippen LogP contribution in [0.3, 0.4) is 0 Å². The highest BCUT2D eigenvalue weighted by molar-refractivity contribution is 5.70. The average Bonchev–Trinajstić information content (AvgIpc) is 1.88. The van der Waals surface area contributed by atoms with Crippen molar-refractivity contribution >= 4 is 5.97 Å². The van der Waals surface area contributed by atoms with E-state index in [1.807, 2.05) is 6.92 Å². The second-order valence-electron chi connectivity index (χ2n) is 2.91. The maximum absolute atomic E-state index is 10.5. The van der Waals surface area contributed by atoms with Gasteiger partial charge in [-0.2, -0.15) is 0 Å². The molecule has 1 rings (SSSR count). The second kappa shape index (κ2) is 3.01. The van der Waals surface area contributed by atoms with Crippen LogP contribution >= 0.6 is 0 Å². The van der Waals surface area contributed by atoms with Gasteiger partial charge >= 0.3 is 5.97 Å². The molecule has 1 saturated heterocycles. The van der Waals surface area contributed by atoms with Crippen LogP contribution in [0.15, 0.2) is 0 Å². The third-order valence-electron chi connectivity index (χ3n) is 1.97. The minimum atomic E-state index is -0.645. The molecule has 3 heteroatoms. The summed E-state index contributed by atoms with van der Waals surface area (Å²) in [5, 5.41) is 11.8. The fourth-order valence-corrected chi connectivity index (χ4v) is 1.36. The van der Waals surface area contributed by atoms with Gasteiger partial charge in [-0.05, 0) is 26.3 Å². The van der Waals surface area contributed by atoms with Gasteiger partial charge in [-0.3, -0.25) is 4.79 Å². The third-order valence-corrected chi connectivity index (χ3v) is 1.97. The van der Waals surface area contributed by atoms with Gasteiger partial charge in [0.2, 0.25) is 0 Å². The van der Waals surface area contributed by atoms with Gasteiger partial charge in [-0.25, -0.2) is 0 Å². The standard InChI is InChI=1S/C7H13NO2/c1-5-4-6(7(9)10)2-3-8-5/h5-6,8H,2-4H2,1H3,(H,9,10)/t5-,6+/m1/s1. The lowest BCUT2D eigenvalue weighted by molar-refractivity contribution is -0.142. The van der Waals surface area contributed by atoms with Crippen molar-refractivity contribution in [2.24, 2.45) is 5.92 Å². The number of piperidine rings is 1. The molecule has 2 atom stereocenters. The minimum Gasteiger partial charge on any atom is -0.481 e. The lowest BCUT2D eigenvalue weighted by Crippen LogP contribution is -2.38. The number of hydrogen-bond acceptors (Lipinski definition) is 2. The quantitative estimate of drug-likeness (QED) is 0.560. The van der Waals surface area contributed by atoms with E-state index in [0.717, 1.165) is 19.4 Å².